The van der Waals surface area contributed by atoms with E-state index in [1.165, 1.54) is 12.0 Å². The second-order valence-electron chi connectivity index (χ2n) is 14.4. The molecule has 2 aliphatic heterocycles. The fraction of sp³-hybridized carbons (Fsp3) is 0.462. The van der Waals surface area contributed by atoms with Crippen molar-refractivity contribution < 1.29 is 38.1 Å². The normalized spacial score (nSPS) is 25.8. The number of benzene rings is 2. The van der Waals surface area contributed by atoms with Gasteiger partial charge in [-0.1, -0.05) is 48.9 Å². The number of hydrogen-bond acceptors (Lipinski definition) is 9. The van der Waals surface area contributed by atoms with Crippen LogP contribution >= 0.6 is 0 Å². The van der Waals surface area contributed by atoms with Crippen molar-refractivity contribution >= 4 is 34.8 Å². The van der Waals surface area contributed by atoms with E-state index in [9.17, 15) is 19.2 Å². The van der Waals surface area contributed by atoms with E-state index in [2.05, 4.69) is 10.6 Å². The standard InChI is InChI=1S/C39H46N4O8/c1-38(2,3)51-37(47)41-29-16-12-7-6-11-15-25-22-39(25,36(46)49-5)42-34(44)32-20-27(23-43(32)35(29)45)50-33-21-30(24-13-9-8-10-14-24)40-31-19-26(48-4)17-18-28(31)33/h8-11,13-15,17-19,21,25,27,29,32H,6-7,12,16,20,22-23H2,1-5H3,(H,41,47)(H,42,44)/b15-11-/t25-,27-,29+,32+,39-/m1/s1. The highest BCUT2D eigenvalue weighted by molar-refractivity contribution is 5.96. The van der Waals surface area contributed by atoms with Crippen LogP contribution in [0.5, 0.6) is 11.5 Å². The summed E-state index contributed by atoms with van der Waals surface area (Å²) in [5, 5.41) is 6.47. The number of carbonyl (C=O) groups is 4. The van der Waals surface area contributed by atoms with Crippen LogP contribution in [-0.2, 0) is 23.9 Å². The Morgan fingerprint density at radius 1 is 1.04 bits per heavy atom. The van der Waals surface area contributed by atoms with Gasteiger partial charge >= 0.3 is 12.1 Å². The Balaban J connectivity index is 1.35. The molecule has 270 valence electrons. The van der Waals surface area contributed by atoms with Crippen molar-refractivity contribution in [3.63, 3.8) is 0 Å². The third-order valence-corrected chi connectivity index (χ3v) is 9.57. The highest BCUT2D eigenvalue weighted by Gasteiger charge is 2.62. The van der Waals surface area contributed by atoms with Gasteiger partial charge in [-0.25, -0.2) is 14.6 Å². The molecular formula is C39H46N4O8. The lowest BCUT2D eigenvalue weighted by molar-refractivity contribution is -0.148. The molecule has 0 radical (unpaired) electrons. The van der Waals surface area contributed by atoms with Crippen LogP contribution in [0.2, 0.25) is 0 Å². The first kappa shape index (κ1) is 35.7. The van der Waals surface area contributed by atoms with Crippen LogP contribution in [0.25, 0.3) is 22.2 Å². The molecule has 0 bridgehead atoms. The summed E-state index contributed by atoms with van der Waals surface area (Å²) in [5.74, 6) is -0.481. The number of esters is 1. The molecule has 3 aliphatic rings. The molecule has 12 nitrogen and oxygen atoms in total. The molecule has 0 unspecified atom stereocenters. The Morgan fingerprint density at radius 2 is 1.82 bits per heavy atom. The SMILES string of the molecule is COC(=O)[C@@]12C[C@H]1/C=C\CCCC[C@H](NC(=O)OC(C)(C)C)C(=O)N1C[C@H](Oc3cc(-c4ccccc4)nc4cc(OC)ccc34)C[C@H]1C(=O)N2. The molecule has 6 rings (SSSR count). The summed E-state index contributed by atoms with van der Waals surface area (Å²) < 4.78 is 22.8. The number of rotatable bonds is 6. The molecule has 5 atom stereocenters. The molecule has 12 heteroatoms. The summed E-state index contributed by atoms with van der Waals surface area (Å²) in [6.07, 6.45) is 5.66. The zero-order valence-electron chi connectivity index (χ0n) is 29.8. The smallest absolute Gasteiger partial charge is 0.408 e. The zero-order valence-corrected chi connectivity index (χ0v) is 29.8. The minimum Gasteiger partial charge on any atom is -0.497 e. The van der Waals surface area contributed by atoms with Gasteiger partial charge in [-0.05, 0) is 58.6 Å². The number of carbonyl (C=O) groups excluding carboxylic acids is 4. The van der Waals surface area contributed by atoms with E-state index in [1.807, 2.05) is 66.7 Å². The van der Waals surface area contributed by atoms with Crippen molar-refractivity contribution in [1.82, 2.24) is 20.5 Å². The summed E-state index contributed by atoms with van der Waals surface area (Å²) in [5.41, 5.74) is 0.256. The van der Waals surface area contributed by atoms with Gasteiger partial charge < -0.3 is 34.5 Å². The quantitative estimate of drug-likeness (QED) is 0.258. The molecule has 0 spiro atoms. The maximum Gasteiger partial charge on any atom is 0.408 e. The number of nitrogens with zero attached hydrogens (tertiary/aromatic N) is 2. The Morgan fingerprint density at radius 3 is 2.55 bits per heavy atom. The molecular weight excluding hydrogens is 652 g/mol. The second-order valence-corrected chi connectivity index (χ2v) is 14.4. The number of ether oxygens (including phenoxy) is 4. The number of methoxy groups -OCH3 is 2. The van der Waals surface area contributed by atoms with Crippen LogP contribution in [-0.4, -0.2) is 83.9 Å². The summed E-state index contributed by atoms with van der Waals surface area (Å²) in [6.45, 7) is 5.32. The summed E-state index contributed by atoms with van der Waals surface area (Å²) in [6, 6.07) is 15.2. The van der Waals surface area contributed by atoms with Crippen molar-refractivity contribution in [2.45, 2.75) is 88.6 Å². The van der Waals surface area contributed by atoms with Gasteiger partial charge in [0.15, 0.2) is 0 Å². The largest absolute Gasteiger partial charge is 0.497 e. The van der Waals surface area contributed by atoms with Crippen LogP contribution in [0.15, 0.2) is 66.7 Å². The molecule has 2 aromatic carbocycles. The average molecular weight is 699 g/mol. The first-order valence-electron chi connectivity index (χ1n) is 17.5. The van der Waals surface area contributed by atoms with Crippen molar-refractivity contribution in [3.05, 3.63) is 66.7 Å². The number of amides is 3. The van der Waals surface area contributed by atoms with E-state index in [0.29, 0.717) is 48.4 Å². The van der Waals surface area contributed by atoms with Crippen molar-refractivity contribution in [3.8, 4) is 22.8 Å². The first-order chi connectivity index (χ1) is 24.4. The Hall–Kier alpha value is -5.13. The summed E-state index contributed by atoms with van der Waals surface area (Å²) >= 11 is 0. The predicted molar refractivity (Wildman–Crippen MR) is 190 cm³/mol. The molecule has 1 saturated carbocycles. The second kappa shape index (κ2) is 14.6. The van der Waals surface area contributed by atoms with Gasteiger partial charge in [-0.15, -0.1) is 0 Å². The fourth-order valence-electron chi connectivity index (χ4n) is 6.93. The van der Waals surface area contributed by atoms with E-state index in [1.54, 1.807) is 27.9 Å². The van der Waals surface area contributed by atoms with Crippen molar-refractivity contribution in [2.75, 3.05) is 20.8 Å². The molecule has 3 aromatic rings. The third kappa shape index (κ3) is 7.95. The van der Waals surface area contributed by atoms with E-state index in [0.717, 1.165) is 17.4 Å². The molecule has 2 fully saturated rings. The minimum absolute atomic E-state index is 0.0681. The highest BCUT2D eigenvalue weighted by atomic mass is 16.6. The molecule has 3 heterocycles. The van der Waals surface area contributed by atoms with Crippen LogP contribution in [0.3, 0.4) is 0 Å². The van der Waals surface area contributed by atoms with Gasteiger partial charge in [0.25, 0.3) is 0 Å². The monoisotopic (exact) mass is 698 g/mol. The van der Waals surface area contributed by atoms with Gasteiger partial charge in [0.1, 0.15) is 40.8 Å². The van der Waals surface area contributed by atoms with Crippen LogP contribution in [0.4, 0.5) is 4.79 Å². The molecule has 1 aromatic heterocycles. The number of aromatic nitrogens is 1. The zero-order chi connectivity index (χ0) is 36.3. The Bertz CT molecular complexity index is 1820. The molecule has 51 heavy (non-hydrogen) atoms. The summed E-state index contributed by atoms with van der Waals surface area (Å²) in [4.78, 5) is 60.9. The molecule has 3 amide bonds. The number of alkyl carbamates (subject to hydrolysis) is 1. The number of hydrogen-bond donors (Lipinski definition) is 2. The van der Waals surface area contributed by atoms with Crippen LogP contribution in [0.1, 0.15) is 59.3 Å². The third-order valence-electron chi connectivity index (χ3n) is 9.57. The van der Waals surface area contributed by atoms with Gasteiger partial charge in [-0.3, -0.25) is 9.59 Å². The van der Waals surface area contributed by atoms with E-state index in [-0.39, 0.29) is 18.9 Å². The minimum atomic E-state index is -1.21. The van der Waals surface area contributed by atoms with Gasteiger partial charge in [0.2, 0.25) is 11.8 Å². The van der Waals surface area contributed by atoms with Crippen LogP contribution in [0, 0.1) is 5.92 Å². The molecule has 2 N–H and O–H groups in total. The maximum atomic E-state index is 14.4. The molecule has 1 aliphatic carbocycles. The Labute approximate surface area is 297 Å². The van der Waals surface area contributed by atoms with Crippen molar-refractivity contribution in [1.29, 1.82) is 0 Å². The van der Waals surface area contributed by atoms with Crippen molar-refractivity contribution in [2.24, 2.45) is 5.92 Å². The number of nitrogens with one attached hydrogen (secondary N) is 2. The van der Waals surface area contributed by atoms with Gasteiger partial charge in [-0.2, -0.15) is 0 Å². The fourth-order valence-corrected chi connectivity index (χ4v) is 6.93. The number of allylic oxidation sites excluding steroid dienone is 1. The van der Waals surface area contributed by atoms with Crippen LogP contribution < -0.4 is 20.1 Å². The topological polar surface area (TPSA) is 145 Å². The van der Waals surface area contributed by atoms with E-state index in [4.69, 9.17) is 23.9 Å². The van der Waals surface area contributed by atoms with E-state index < -0.39 is 53.2 Å². The number of pyridine rings is 1. The predicted octanol–water partition coefficient (Wildman–Crippen LogP) is 5.33. The van der Waals surface area contributed by atoms with Gasteiger partial charge in [0.05, 0.1) is 32.0 Å². The maximum absolute atomic E-state index is 14.4. The molecule has 1 saturated heterocycles. The van der Waals surface area contributed by atoms with E-state index >= 15 is 0 Å². The Kier molecular flexibility index (Phi) is 10.2. The lowest BCUT2D eigenvalue weighted by atomic mass is 10.0. The van der Waals surface area contributed by atoms with Gasteiger partial charge in [0, 0.05) is 35.4 Å². The number of fused-ring (bicyclic) bond motifs is 3. The highest BCUT2D eigenvalue weighted by Crippen LogP contribution is 2.46. The lowest BCUT2D eigenvalue weighted by Crippen LogP contribution is -2.56. The lowest BCUT2D eigenvalue weighted by Gasteiger charge is -2.30. The summed E-state index contributed by atoms with van der Waals surface area (Å²) in [7, 11) is 2.89. The average Bonchev–Trinajstić information content (AvgIpc) is 3.63. The first-order valence-corrected chi connectivity index (χ1v) is 17.5.